The molecule has 3 heterocycles. The number of aryl methyl sites for hydroxylation is 1. The Morgan fingerprint density at radius 1 is 1.24 bits per heavy atom. The van der Waals surface area contributed by atoms with Crippen LogP contribution in [0, 0.1) is 12.7 Å². The fourth-order valence-corrected chi connectivity index (χ4v) is 3.61. The zero-order valence-corrected chi connectivity index (χ0v) is 15.4. The molecule has 0 atom stereocenters. The SMILES string of the molecule is Cc1cc(C(=O)N2CCN(C)c3cc(F)ccc32)cn2c(Br)cnc12. The normalized spacial score (nSPS) is 14.1. The molecule has 128 valence electrons. The highest BCUT2D eigenvalue weighted by molar-refractivity contribution is 9.10. The molecule has 1 aliphatic heterocycles. The van der Waals surface area contributed by atoms with Gasteiger partial charge in [-0.2, -0.15) is 0 Å². The van der Waals surface area contributed by atoms with Gasteiger partial charge < -0.3 is 9.80 Å². The van der Waals surface area contributed by atoms with Crippen LogP contribution in [0.2, 0.25) is 0 Å². The molecule has 1 amide bonds. The number of fused-ring (bicyclic) bond motifs is 2. The number of halogens is 2. The van der Waals surface area contributed by atoms with Crippen LogP contribution in [0.1, 0.15) is 15.9 Å². The number of rotatable bonds is 1. The van der Waals surface area contributed by atoms with Crippen molar-refractivity contribution in [2.75, 3.05) is 29.9 Å². The molecule has 1 aliphatic rings. The number of aromatic nitrogens is 2. The van der Waals surface area contributed by atoms with E-state index in [-0.39, 0.29) is 11.7 Å². The molecule has 0 radical (unpaired) electrons. The molecule has 0 unspecified atom stereocenters. The maximum atomic E-state index is 13.6. The Morgan fingerprint density at radius 3 is 2.84 bits per heavy atom. The van der Waals surface area contributed by atoms with Crippen LogP contribution in [0.15, 0.2) is 41.3 Å². The number of hydrogen-bond donors (Lipinski definition) is 0. The molecule has 0 aliphatic carbocycles. The molecule has 1 aromatic carbocycles. The zero-order valence-electron chi connectivity index (χ0n) is 13.8. The first-order valence-corrected chi connectivity index (χ1v) is 8.71. The van der Waals surface area contributed by atoms with Gasteiger partial charge in [-0.1, -0.05) is 0 Å². The Hall–Kier alpha value is -2.41. The summed E-state index contributed by atoms with van der Waals surface area (Å²) < 4.78 is 16.3. The molecular weight excluding hydrogens is 387 g/mol. The summed E-state index contributed by atoms with van der Waals surface area (Å²) >= 11 is 3.45. The molecule has 5 nitrogen and oxygen atoms in total. The molecule has 25 heavy (non-hydrogen) atoms. The lowest BCUT2D eigenvalue weighted by Crippen LogP contribution is -2.42. The Morgan fingerprint density at radius 2 is 2.04 bits per heavy atom. The summed E-state index contributed by atoms with van der Waals surface area (Å²) in [6, 6.07) is 6.37. The van der Waals surface area contributed by atoms with Crippen molar-refractivity contribution in [1.82, 2.24) is 9.38 Å². The van der Waals surface area contributed by atoms with Gasteiger partial charge in [-0.3, -0.25) is 9.20 Å². The smallest absolute Gasteiger partial charge is 0.259 e. The molecule has 0 saturated heterocycles. The van der Waals surface area contributed by atoms with Crippen LogP contribution in [0.3, 0.4) is 0 Å². The van der Waals surface area contributed by atoms with Gasteiger partial charge in [-0.05, 0) is 52.7 Å². The molecule has 2 aromatic heterocycles. The number of carbonyl (C=O) groups excluding carboxylic acids is 1. The molecule has 0 saturated carbocycles. The van der Waals surface area contributed by atoms with Crippen molar-refractivity contribution >= 4 is 38.9 Å². The van der Waals surface area contributed by atoms with Crippen LogP contribution in [0.5, 0.6) is 0 Å². The van der Waals surface area contributed by atoms with Gasteiger partial charge in [-0.25, -0.2) is 9.37 Å². The average Bonchev–Trinajstić information content (AvgIpc) is 2.97. The van der Waals surface area contributed by atoms with Crippen molar-refractivity contribution in [3.05, 3.63) is 58.2 Å². The average molecular weight is 403 g/mol. The van der Waals surface area contributed by atoms with E-state index in [1.165, 1.54) is 12.1 Å². The van der Waals surface area contributed by atoms with E-state index in [2.05, 4.69) is 20.9 Å². The molecule has 0 spiro atoms. The van der Waals surface area contributed by atoms with Gasteiger partial charge in [0.25, 0.3) is 5.91 Å². The highest BCUT2D eigenvalue weighted by atomic mass is 79.9. The molecular formula is C18H16BrFN4O. The Kier molecular flexibility index (Phi) is 3.76. The van der Waals surface area contributed by atoms with Gasteiger partial charge in [0.1, 0.15) is 16.1 Å². The van der Waals surface area contributed by atoms with E-state index in [4.69, 9.17) is 0 Å². The summed E-state index contributed by atoms with van der Waals surface area (Å²) in [6.45, 7) is 3.13. The molecule has 3 aromatic rings. The van der Waals surface area contributed by atoms with Crippen LogP contribution >= 0.6 is 15.9 Å². The summed E-state index contributed by atoms with van der Waals surface area (Å²) in [5.74, 6) is -0.411. The van der Waals surface area contributed by atoms with E-state index in [0.717, 1.165) is 27.2 Å². The van der Waals surface area contributed by atoms with Gasteiger partial charge in [0, 0.05) is 26.3 Å². The maximum Gasteiger partial charge on any atom is 0.259 e. The van der Waals surface area contributed by atoms with E-state index in [1.807, 2.05) is 29.3 Å². The summed E-state index contributed by atoms with van der Waals surface area (Å²) in [6.07, 6.45) is 3.49. The standard InChI is InChI=1S/C18H16BrFN4O/c1-11-7-12(10-24-16(19)9-21-17(11)24)18(25)23-6-5-22(2)15-8-13(20)3-4-14(15)23/h3-4,7-10H,5-6H2,1-2H3. The predicted octanol–water partition coefficient (Wildman–Crippen LogP) is 3.64. The summed E-state index contributed by atoms with van der Waals surface area (Å²) in [7, 11) is 1.90. The van der Waals surface area contributed by atoms with E-state index >= 15 is 0 Å². The number of nitrogens with zero attached hydrogens (tertiary/aromatic N) is 4. The molecule has 0 N–H and O–H groups in total. The van der Waals surface area contributed by atoms with Crippen LogP contribution < -0.4 is 9.80 Å². The highest BCUT2D eigenvalue weighted by Crippen LogP contribution is 2.34. The van der Waals surface area contributed by atoms with E-state index in [1.54, 1.807) is 23.4 Å². The van der Waals surface area contributed by atoms with Crippen molar-refractivity contribution < 1.29 is 9.18 Å². The third kappa shape index (κ3) is 2.59. The lowest BCUT2D eigenvalue weighted by Gasteiger charge is -2.35. The Balaban J connectivity index is 1.80. The fourth-order valence-electron chi connectivity index (χ4n) is 3.23. The number of benzene rings is 1. The third-order valence-electron chi connectivity index (χ3n) is 4.54. The second kappa shape index (κ2) is 5.84. The van der Waals surface area contributed by atoms with Gasteiger partial charge in [0.15, 0.2) is 0 Å². The molecule has 7 heteroatoms. The maximum absolute atomic E-state index is 13.6. The van der Waals surface area contributed by atoms with Gasteiger partial charge >= 0.3 is 0 Å². The minimum atomic E-state index is -0.306. The lowest BCUT2D eigenvalue weighted by molar-refractivity contribution is 0.0986. The monoisotopic (exact) mass is 402 g/mol. The van der Waals surface area contributed by atoms with Gasteiger partial charge in [0.05, 0.1) is 23.1 Å². The number of carbonyl (C=O) groups is 1. The third-order valence-corrected chi connectivity index (χ3v) is 5.12. The summed E-state index contributed by atoms with van der Waals surface area (Å²) in [5.41, 5.74) is 3.75. The second-order valence-electron chi connectivity index (χ2n) is 6.20. The van der Waals surface area contributed by atoms with Crippen LogP contribution in [0.25, 0.3) is 5.65 Å². The van der Waals surface area contributed by atoms with Crippen molar-refractivity contribution in [3.8, 4) is 0 Å². The number of amides is 1. The van der Waals surface area contributed by atoms with E-state index in [9.17, 15) is 9.18 Å². The molecule has 0 fully saturated rings. The number of anilines is 2. The summed E-state index contributed by atoms with van der Waals surface area (Å²) in [5, 5.41) is 0. The van der Waals surface area contributed by atoms with Gasteiger partial charge in [-0.15, -0.1) is 0 Å². The van der Waals surface area contributed by atoms with Crippen molar-refractivity contribution in [2.24, 2.45) is 0 Å². The minimum absolute atomic E-state index is 0.105. The topological polar surface area (TPSA) is 40.9 Å². The largest absolute Gasteiger partial charge is 0.371 e. The van der Waals surface area contributed by atoms with Crippen molar-refractivity contribution in [1.29, 1.82) is 0 Å². The summed E-state index contributed by atoms with van der Waals surface area (Å²) in [4.78, 5) is 21.1. The van der Waals surface area contributed by atoms with E-state index < -0.39 is 0 Å². The first kappa shape index (κ1) is 16.1. The molecule has 0 bridgehead atoms. The first-order chi connectivity index (χ1) is 12.0. The van der Waals surface area contributed by atoms with Crippen LogP contribution in [-0.2, 0) is 0 Å². The second-order valence-corrected chi connectivity index (χ2v) is 7.01. The van der Waals surface area contributed by atoms with Crippen molar-refractivity contribution in [2.45, 2.75) is 6.92 Å². The zero-order chi connectivity index (χ0) is 17.7. The van der Waals surface area contributed by atoms with Crippen LogP contribution in [-0.4, -0.2) is 35.4 Å². The first-order valence-electron chi connectivity index (χ1n) is 7.91. The number of pyridine rings is 1. The fraction of sp³-hybridized carbons (Fsp3) is 0.222. The van der Waals surface area contributed by atoms with Crippen LogP contribution in [0.4, 0.5) is 15.8 Å². The van der Waals surface area contributed by atoms with Crippen molar-refractivity contribution in [3.63, 3.8) is 0 Å². The highest BCUT2D eigenvalue weighted by Gasteiger charge is 2.27. The van der Waals surface area contributed by atoms with E-state index in [0.29, 0.717) is 18.7 Å². The quantitative estimate of drug-likeness (QED) is 0.623. The minimum Gasteiger partial charge on any atom is -0.371 e. The number of imidazole rings is 1. The predicted molar refractivity (Wildman–Crippen MR) is 99.0 cm³/mol. The van der Waals surface area contributed by atoms with Gasteiger partial charge in [0.2, 0.25) is 0 Å². The number of likely N-dealkylation sites (N-methyl/N-ethyl adjacent to an activating group) is 1. The Labute approximate surface area is 152 Å². The number of hydrogen-bond acceptors (Lipinski definition) is 3. The lowest BCUT2D eigenvalue weighted by atomic mass is 10.1. The molecule has 4 rings (SSSR count). The Bertz CT molecular complexity index is 1000.